The van der Waals surface area contributed by atoms with Crippen LogP contribution in [0.2, 0.25) is 0 Å². The molecule has 2 nitrogen and oxygen atoms in total. The fraction of sp³-hybridized carbons (Fsp3) is 0.133. The average molecular weight is 419 g/mol. The zero-order chi connectivity index (χ0) is 15.0. The maximum atomic E-state index is 13.9. The molecule has 0 fully saturated rings. The molecule has 0 aliphatic heterocycles. The molecule has 0 spiro atoms. The van der Waals surface area contributed by atoms with Crippen molar-refractivity contribution in [3.8, 4) is 5.69 Å². The van der Waals surface area contributed by atoms with Gasteiger partial charge in [-0.2, -0.15) is 0 Å². The van der Waals surface area contributed by atoms with Crippen LogP contribution in [0.4, 0.5) is 8.78 Å². The van der Waals surface area contributed by atoms with Gasteiger partial charge in [-0.25, -0.2) is 13.8 Å². The van der Waals surface area contributed by atoms with Crippen LogP contribution < -0.4 is 0 Å². The van der Waals surface area contributed by atoms with Crippen molar-refractivity contribution < 1.29 is 8.78 Å². The summed E-state index contributed by atoms with van der Waals surface area (Å²) in [7, 11) is 0. The number of para-hydroxylation sites is 1. The molecule has 0 unspecified atom stereocenters. The number of aromatic nitrogens is 2. The average Bonchev–Trinajstić information content (AvgIpc) is 2.78. The van der Waals surface area contributed by atoms with Crippen LogP contribution in [0.3, 0.4) is 0 Å². The van der Waals surface area contributed by atoms with Gasteiger partial charge in [-0.05, 0) is 34.7 Å². The van der Waals surface area contributed by atoms with Crippen LogP contribution >= 0.6 is 34.2 Å². The van der Waals surface area contributed by atoms with Gasteiger partial charge in [0.2, 0.25) is 0 Å². The minimum atomic E-state index is -0.662. The summed E-state index contributed by atoms with van der Waals surface area (Å²) in [5, 5.41) is 0. The van der Waals surface area contributed by atoms with Crippen LogP contribution in [-0.2, 0) is 6.42 Å². The minimum absolute atomic E-state index is 0.163. The highest BCUT2D eigenvalue weighted by atomic mass is 127. The lowest BCUT2D eigenvalue weighted by atomic mass is 10.2. The zero-order valence-corrected chi connectivity index (χ0v) is 13.7. The van der Waals surface area contributed by atoms with Gasteiger partial charge in [0.25, 0.3) is 0 Å². The van der Waals surface area contributed by atoms with Crippen LogP contribution in [0, 0.1) is 15.2 Å². The first-order valence-corrected chi connectivity index (χ1v) is 7.90. The first-order valence-electron chi connectivity index (χ1n) is 6.29. The number of rotatable bonds is 3. The standard InChI is InChI=1S/C15H10ClF2IN2/c16-6-5-14-20-15-10(18)7-9(17)8-13(15)21(14)12-4-2-1-3-11(12)19/h1-4,7-8H,5-6H2. The number of alkyl halides is 1. The lowest BCUT2D eigenvalue weighted by molar-refractivity contribution is 0.590. The van der Waals surface area contributed by atoms with Crippen molar-refractivity contribution in [2.75, 3.05) is 5.88 Å². The molecule has 0 bridgehead atoms. The number of fused-ring (bicyclic) bond motifs is 1. The summed E-state index contributed by atoms with van der Waals surface area (Å²) in [6.07, 6.45) is 0.474. The molecule has 6 heteroatoms. The number of halogens is 4. The van der Waals surface area contributed by atoms with E-state index in [9.17, 15) is 8.78 Å². The number of benzene rings is 2. The molecule has 1 heterocycles. The predicted molar refractivity (Wildman–Crippen MR) is 88.1 cm³/mol. The van der Waals surface area contributed by atoms with Crippen LogP contribution in [0.1, 0.15) is 5.82 Å². The molecule has 0 saturated heterocycles. The van der Waals surface area contributed by atoms with Crippen molar-refractivity contribution in [3.63, 3.8) is 0 Å². The molecule has 0 N–H and O–H groups in total. The van der Waals surface area contributed by atoms with E-state index in [1.165, 1.54) is 6.07 Å². The molecule has 21 heavy (non-hydrogen) atoms. The molecule has 3 aromatic rings. The summed E-state index contributed by atoms with van der Waals surface area (Å²) in [6.45, 7) is 0. The largest absolute Gasteiger partial charge is 0.295 e. The van der Waals surface area contributed by atoms with Gasteiger partial charge >= 0.3 is 0 Å². The van der Waals surface area contributed by atoms with E-state index < -0.39 is 11.6 Å². The monoisotopic (exact) mass is 418 g/mol. The van der Waals surface area contributed by atoms with E-state index in [2.05, 4.69) is 27.6 Å². The van der Waals surface area contributed by atoms with E-state index >= 15 is 0 Å². The number of hydrogen-bond acceptors (Lipinski definition) is 1. The summed E-state index contributed by atoms with van der Waals surface area (Å²) < 4.78 is 30.3. The maximum absolute atomic E-state index is 13.9. The normalized spacial score (nSPS) is 11.2. The summed E-state index contributed by atoms with van der Waals surface area (Å²) in [4.78, 5) is 4.29. The van der Waals surface area contributed by atoms with Crippen molar-refractivity contribution in [1.82, 2.24) is 9.55 Å². The Morgan fingerprint density at radius 3 is 2.67 bits per heavy atom. The van der Waals surface area contributed by atoms with E-state index in [1.807, 2.05) is 24.3 Å². The highest BCUT2D eigenvalue weighted by Gasteiger charge is 2.17. The lowest BCUT2D eigenvalue weighted by Crippen LogP contribution is -2.04. The lowest BCUT2D eigenvalue weighted by Gasteiger charge is -2.10. The van der Waals surface area contributed by atoms with Gasteiger partial charge < -0.3 is 0 Å². The van der Waals surface area contributed by atoms with E-state index in [-0.39, 0.29) is 5.52 Å². The molecule has 0 aliphatic rings. The molecule has 0 saturated carbocycles. The number of nitrogens with zero attached hydrogens (tertiary/aromatic N) is 2. The van der Waals surface area contributed by atoms with Gasteiger partial charge in [0.1, 0.15) is 17.2 Å². The van der Waals surface area contributed by atoms with Crippen LogP contribution in [0.15, 0.2) is 36.4 Å². The summed E-state index contributed by atoms with van der Waals surface area (Å²) >= 11 is 8.00. The molecule has 0 amide bonds. The minimum Gasteiger partial charge on any atom is -0.295 e. The Kier molecular flexibility index (Phi) is 4.12. The van der Waals surface area contributed by atoms with E-state index in [0.29, 0.717) is 23.6 Å². The second-order valence-corrected chi connectivity index (χ2v) is 6.05. The molecular formula is C15H10ClF2IN2. The highest BCUT2D eigenvalue weighted by molar-refractivity contribution is 14.1. The Morgan fingerprint density at radius 1 is 1.19 bits per heavy atom. The molecule has 0 atom stereocenters. The summed E-state index contributed by atoms with van der Waals surface area (Å²) in [5.41, 5.74) is 1.42. The van der Waals surface area contributed by atoms with Crippen molar-refractivity contribution in [2.45, 2.75) is 6.42 Å². The molecule has 2 aromatic carbocycles. The Bertz CT molecular complexity index is 817. The van der Waals surface area contributed by atoms with E-state index in [4.69, 9.17) is 11.6 Å². The van der Waals surface area contributed by atoms with Crippen LogP contribution in [-0.4, -0.2) is 15.4 Å². The fourth-order valence-electron chi connectivity index (χ4n) is 2.31. The predicted octanol–water partition coefficient (Wildman–Crippen LogP) is 4.69. The van der Waals surface area contributed by atoms with Gasteiger partial charge in [0.05, 0.1) is 11.2 Å². The molecule has 108 valence electrons. The first kappa shape index (κ1) is 14.7. The van der Waals surface area contributed by atoms with Crippen molar-refractivity contribution in [1.29, 1.82) is 0 Å². The number of imidazole rings is 1. The van der Waals surface area contributed by atoms with Gasteiger partial charge in [-0.3, -0.25) is 4.57 Å². The molecular weight excluding hydrogens is 409 g/mol. The van der Waals surface area contributed by atoms with Crippen molar-refractivity contribution in [3.05, 3.63) is 57.4 Å². The van der Waals surface area contributed by atoms with E-state index in [1.54, 1.807) is 4.57 Å². The van der Waals surface area contributed by atoms with Crippen LogP contribution in [0.5, 0.6) is 0 Å². The Labute approximate surface area is 138 Å². The molecule has 0 radical (unpaired) electrons. The third-order valence-electron chi connectivity index (χ3n) is 3.16. The fourth-order valence-corrected chi connectivity index (χ4v) is 3.10. The van der Waals surface area contributed by atoms with Gasteiger partial charge in [0, 0.05) is 28.0 Å². The number of aryl methyl sites for hydroxylation is 1. The zero-order valence-electron chi connectivity index (χ0n) is 10.8. The molecule has 0 aliphatic carbocycles. The molecule has 1 aromatic heterocycles. The van der Waals surface area contributed by atoms with Crippen molar-refractivity contribution >= 4 is 45.2 Å². The Morgan fingerprint density at radius 2 is 1.95 bits per heavy atom. The highest BCUT2D eigenvalue weighted by Crippen LogP contribution is 2.27. The van der Waals surface area contributed by atoms with Gasteiger partial charge in [0.15, 0.2) is 5.82 Å². The third kappa shape index (κ3) is 2.64. The van der Waals surface area contributed by atoms with Gasteiger partial charge in [-0.1, -0.05) is 12.1 Å². The Balaban J connectivity index is 2.38. The Hall–Kier alpha value is -1.21. The van der Waals surface area contributed by atoms with E-state index in [0.717, 1.165) is 15.3 Å². The van der Waals surface area contributed by atoms with Crippen molar-refractivity contribution in [2.24, 2.45) is 0 Å². The number of hydrogen-bond donors (Lipinski definition) is 0. The SMILES string of the molecule is Fc1cc(F)c2nc(CCCl)n(-c3ccccc3I)c2c1. The summed E-state index contributed by atoms with van der Waals surface area (Å²) in [6, 6.07) is 9.76. The third-order valence-corrected chi connectivity index (χ3v) is 4.26. The first-order chi connectivity index (χ1) is 10.1. The summed E-state index contributed by atoms with van der Waals surface area (Å²) in [5.74, 6) is -0.305. The quantitative estimate of drug-likeness (QED) is 0.446. The molecule has 3 rings (SSSR count). The van der Waals surface area contributed by atoms with Gasteiger partial charge in [-0.15, -0.1) is 11.6 Å². The maximum Gasteiger partial charge on any atom is 0.153 e. The topological polar surface area (TPSA) is 17.8 Å². The van der Waals surface area contributed by atoms with Crippen LogP contribution in [0.25, 0.3) is 16.7 Å². The second kappa shape index (κ2) is 5.88. The second-order valence-electron chi connectivity index (χ2n) is 4.51. The smallest absolute Gasteiger partial charge is 0.153 e.